The van der Waals surface area contributed by atoms with Gasteiger partial charge in [-0.3, -0.25) is 15.4 Å². The molecule has 1 fully saturated rings. The molecule has 1 unspecified atom stereocenters. The molecule has 23 heavy (non-hydrogen) atoms. The van der Waals surface area contributed by atoms with Gasteiger partial charge in [0.2, 0.25) is 5.91 Å². The summed E-state index contributed by atoms with van der Waals surface area (Å²) < 4.78 is 0. The standard InChI is InChI=1S/C15H24N6O.ClH/c1-11(22)18-12-6-5-7-13(10-12)19-14(16)20-15(17)21-8-3-2-4-9-21;/h5-7,10,15H,2-4,8-9,17H2,1H3,(H,18,22)(H3,16,19,20);1H. The number of likely N-dealkylation sites (tertiary alicyclic amines) is 1. The number of benzene rings is 1. The highest BCUT2D eigenvalue weighted by Crippen LogP contribution is 2.15. The maximum Gasteiger partial charge on any atom is 0.221 e. The topological polar surface area (TPSA) is 109 Å². The molecule has 1 heterocycles. The van der Waals surface area contributed by atoms with Crippen molar-refractivity contribution in [2.24, 2.45) is 16.5 Å². The van der Waals surface area contributed by atoms with Crippen molar-refractivity contribution >= 4 is 35.6 Å². The molecule has 8 heteroatoms. The van der Waals surface area contributed by atoms with Gasteiger partial charge in [0.05, 0.1) is 0 Å². The summed E-state index contributed by atoms with van der Waals surface area (Å²) in [5.41, 5.74) is 13.4. The third-order valence-corrected chi connectivity index (χ3v) is 3.49. The van der Waals surface area contributed by atoms with Gasteiger partial charge in [0.1, 0.15) is 0 Å². The summed E-state index contributed by atoms with van der Waals surface area (Å²) in [7, 11) is 0. The largest absolute Gasteiger partial charge is 0.370 e. The lowest BCUT2D eigenvalue weighted by molar-refractivity contribution is -0.114. The summed E-state index contributed by atoms with van der Waals surface area (Å²) in [5, 5.41) is 5.71. The number of carbonyl (C=O) groups excluding carboxylic acids is 1. The fourth-order valence-electron chi connectivity index (χ4n) is 2.47. The molecule has 0 aliphatic carbocycles. The van der Waals surface area contributed by atoms with Crippen LogP contribution in [-0.2, 0) is 4.79 Å². The number of amides is 1. The van der Waals surface area contributed by atoms with Crippen molar-refractivity contribution in [3.63, 3.8) is 0 Å². The van der Waals surface area contributed by atoms with E-state index in [1.807, 2.05) is 12.1 Å². The summed E-state index contributed by atoms with van der Waals surface area (Å²) in [6.45, 7) is 3.37. The van der Waals surface area contributed by atoms with E-state index in [0.717, 1.165) is 31.6 Å². The zero-order chi connectivity index (χ0) is 15.9. The van der Waals surface area contributed by atoms with Crippen LogP contribution in [0.1, 0.15) is 26.2 Å². The second kappa shape index (κ2) is 9.34. The maximum atomic E-state index is 11.1. The first-order valence-corrected chi connectivity index (χ1v) is 7.52. The van der Waals surface area contributed by atoms with Gasteiger partial charge in [0, 0.05) is 31.4 Å². The van der Waals surface area contributed by atoms with E-state index in [1.165, 1.54) is 13.3 Å². The predicted octanol–water partition coefficient (Wildman–Crippen LogP) is 1.52. The van der Waals surface area contributed by atoms with Crippen LogP contribution < -0.4 is 22.1 Å². The molecule has 0 bridgehead atoms. The van der Waals surface area contributed by atoms with E-state index in [0.29, 0.717) is 5.69 Å². The number of halogens is 1. The van der Waals surface area contributed by atoms with Gasteiger partial charge in [-0.1, -0.05) is 12.5 Å². The fraction of sp³-hybridized carbons (Fsp3) is 0.467. The van der Waals surface area contributed by atoms with Gasteiger partial charge in [0.25, 0.3) is 0 Å². The first-order valence-electron chi connectivity index (χ1n) is 7.52. The van der Waals surface area contributed by atoms with E-state index in [-0.39, 0.29) is 24.3 Å². The number of piperidine rings is 1. The minimum absolute atomic E-state index is 0. The van der Waals surface area contributed by atoms with Crippen molar-refractivity contribution in [3.05, 3.63) is 24.3 Å². The Morgan fingerprint density at radius 3 is 2.43 bits per heavy atom. The quantitative estimate of drug-likeness (QED) is 0.491. The van der Waals surface area contributed by atoms with Crippen molar-refractivity contribution in [2.45, 2.75) is 32.5 Å². The van der Waals surface area contributed by atoms with Crippen molar-refractivity contribution in [2.75, 3.05) is 23.7 Å². The molecule has 7 nitrogen and oxygen atoms in total. The third kappa shape index (κ3) is 6.43. The summed E-state index contributed by atoms with van der Waals surface area (Å²) >= 11 is 0. The number of guanidine groups is 1. The number of nitrogens with two attached hydrogens (primary N) is 2. The van der Waals surface area contributed by atoms with E-state index in [2.05, 4.69) is 20.5 Å². The van der Waals surface area contributed by atoms with Crippen LogP contribution in [0, 0.1) is 0 Å². The first kappa shape index (κ1) is 19.2. The van der Waals surface area contributed by atoms with Crippen LogP contribution >= 0.6 is 12.4 Å². The molecule has 1 atom stereocenters. The van der Waals surface area contributed by atoms with Crippen molar-refractivity contribution in [1.29, 1.82) is 0 Å². The molecular weight excluding hydrogens is 316 g/mol. The van der Waals surface area contributed by atoms with Crippen LogP contribution in [0.5, 0.6) is 0 Å². The summed E-state index contributed by atoms with van der Waals surface area (Å²) in [6, 6.07) is 7.27. The summed E-state index contributed by atoms with van der Waals surface area (Å²) in [5.74, 6) is 0.143. The Hall–Kier alpha value is -1.83. The molecule has 0 saturated carbocycles. The highest BCUT2D eigenvalue weighted by Gasteiger charge is 2.16. The van der Waals surface area contributed by atoms with Gasteiger partial charge in [-0.05, 0) is 31.0 Å². The number of nitrogens with one attached hydrogen (secondary N) is 2. The number of nitrogens with zero attached hydrogens (tertiary/aromatic N) is 2. The van der Waals surface area contributed by atoms with Crippen molar-refractivity contribution < 1.29 is 4.79 Å². The van der Waals surface area contributed by atoms with Gasteiger partial charge < -0.3 is 16.4 Å². The Kier molecular flexibility index (Phi) is 7.80. The number of rotatable bonds is 4. The molecular formula is C15H25ClN6O. The van der Waals surface area contributed by atoms with Crippen LogP contribution in [0.2, 0.25) is 0 Å². The van der Waals surface area contributed by atoms with E-state index in [4.69, 9.17) is 11.5 Å². The third-order valence-electron chi connectivity index (χ3n) is 3.49. The lowest BCUT2D eigenvalue weighted by atomic mass is 10.1. The normalized spacial score (nSPS) is 17.0. The van der Waals surface area contributed by atoms with Crippen LogP contribution in [0.15, 0.2) is 29.3 Å². The van der Waals surface area contributed by atoms with Crippen LogP contribution in [-0.4, -0.2) is 36.1 Å². The molecule has 0 aromatic heterocycles. The second-order valence-electron chi connectivity index (χ2n) is 5.41. The van der Waals surface area contributed by atoms with Gasteiger partial charge in [-0.25, -0.2) is 4.99 Å². The van der Waals surface area contributed by atoms with E-state index in [9.17, 15) is 4.79 Å². The molecule has 1 saturated heterocycles. The van der Waals surface area contributed by atoms with Crippen molar-refractivity contribution in [1.82, 2.24) is 4.90 Å². The Morgan fingerprint density at radius 1 is 1.22 bits per heavy atom. The van der Waals surface area contributed by atoms with E-state index in [1.54, 1.807) is 12.1 Å². The Labute approximate surface area is 142 Å². The Bertz CT molecular complexity index is 545. The molecule has 0 radical (unpaired) electrons. The fourth-order valence-corrected chi connectivity index (χ4v) is 2.47. The lowest BCUT2D eigenvalue weighted by Gasteiger charge is -2.29. The highest BCUT2D eigenvalue weighted by molar-refractivity contribution is 5.94. The van der Waals surface area contributed by atoms with Gasteiger partial charge >= 0.3 is 0 Å². The lowest BCUT2D eigenvalue weighted by Crippen LogP contribution is -2.45. The maximum absolute atomic E-state index is 11.1. The molecule has 1 amide bonds. The molecule has 6 N–H and O–H groups in total. The smallest absolute Gasteiger partial charge is 0.221 e. The SMILES string of the molecule is CC(=O)Nc1cccc(N/C(N)=N/C(N)N2CCCCC2)c1.Cl. The van der Waals surface area contributed by atoms with Crippen LogP contribution in [0.3, 0.4) is 0 Å². The number of anilines is 2. The number of aliphatic imine (C=N–C) groups is 1. The molecule has 128 valence electrons. The predicted molar refractivity (Wildman–Crippen MR) is 96.6 cm³/mol. The average Bonchev–Trinajstić information content (AvgIpc) is 2.47. The van der Waals surface area contributed by atoms with Gasteiger partial charge in [-0.15, -0.1) is 12.4 Å². The molecule has 1 aromatic rings. The van der Waals surface area contributed by atoms with Gasteiger partial charge in [0.15, 0.2) is 12.2 Å². The molecule has 0 spiro atoms. The highest BCUT2D eigenvalue weighted by atomic mass is 35.5. The minimum Gasteiger partial charge on any atom is -0.370 e. The number of hydrogen-bond acceptors (Lipinski definition) is 4. The summed E-state index contributed by atoms with van der Waals surface area (Å²) in [4.78, 5) is 17.5. The zero-order valence-electron chi connectivity index (χ0n) is 13.3. The van der Waals surface area contributed by atoms with Gasteiger partial charge in [-0.2, -0.15) is 0 Å². The molecule has 1 aliphatic heterocycles. The molecule has 2 rings (SSSR count). The van der Waals surface area contributed by atoms with Crippen LogP contribution in [0.25, 0.3) is 0 Å². The Balaban J connectivity index is 0.00000264. The monoisotopic (exact) mass is 340 g/mol. The number of hydrogen-bond donors (Lipinski definition) is 4. The summed E-state index contributed by atoms with van der Waals surface area (Å²) in [6.07, 6.45) is 3.12. The van der Waals surface area contributed by atoms with E-state index < -0.39 is 6.29 Å². The first-order chi connectivity index (χ1) is 10.5. The minimum atomic E-state index is -0.425. The van der Waals surface area contributed by atoms with E-state index >= 15 is 0 Å². The average molecular weight is 341 g/mol. The molecule has 1 aliphatic rings. The second-order valence-corrected chi connectivity index (χ2v) is 5.41. The zero-order valence-corrected chi connectivity index (χ0v) is 14.1. The number of carbonyl (C=O) groups is 1. The van der Waals surface area contributed by atoms with Crippen LogP contribution in [0.4, 0.5) is 11.4 Å². The van der Waals surface area contributed by atoms with Crippen molar-refractivity contribution in [3.8, 4) is 0 Å². The Morgan fingerprint density at radius 2 is 1.83 bits per heavy atom. The molecule has 1 aromatic carbocycles.